The number of hydrogen-bond donors (Lipinski definition) is 1. The van der Waals surface area contributed by atoms with Gasteiger partial charge in [-0.1, -0.05) is 24.3 Å². The number of alkyl halides is 2. The van der Waals surface area contributed by atoms with Gasteiger partial charge in [-0.2, -0.15) is 5.10 Å². The monoisotopic (exact) mass is 371 g/mol. The third-order valence-electron chi connectivity index (χ3n) is 4.93. The number of primary amides is 1. The van der Waals surface area contributed by atoms with Gasteiger partial charge in [0.05, 0.1) is 11.3 Å². The van der Waals surface area contributed by atoms with Crippen molar-refractivity contribution in [1.29, 1.82) is 0 Å². The molecule has 6 nitrogen and oxygen atoms in total. The van der Waals surface area contributed by atoms with Crippen LogP contribution in [0.5, 0.6) is 0 Å². The Morgan fingerprint density at radius 2 is 1.81 bits per heavy atom. The van der Waals surface area contributed by atoms with Gasteiger partial charge in [-0.15, -0.1) is 0 Å². The average Bonchev–Trinajstić information content (AvgIpc) is 3.13. The fourth-order valence-electron chi connectivity index (χ4n) is 3.40. The van der Waals surface area contributed by atoms with Crippen molar-refractivity contribution >= 4 is 11.6 Å². The van der Waals surface area contributed by atoms with Crippen molar-refractivity contribution < 1.29 is 13.6 Å². The highest BCUT2D eigenvalue weighted by Crippen LogP contribution is 2.29. The van der Waals surface area contributed by atoms with Crippen molar-refractivity contribution in [1.82, 2.24) is 19.5 Å². The standard InChI is InChI=1S/C19H19F2N5O/c20-19(21)7-9-25(10-8-19)11-13-1-3-14(4-2-13)16-6-5-15(17(22)27)18-23-12-24-26(16)18/h1-6,12H,7-11H2,(H2,22,27). The second kappa shape index (κ2) is 6.70. The molecule has 0 unspecified atom stereocenters. The van der Waals surface area contributed by atoms with Gasteiger partial charge in [0.15, 0.2) is 5.65 Å². The molecule has 8 heteroatoms. The van der Waals surface area contributed by atoms with Crippen LogP contribution >= 0.6 is 0 Å². The summed E-state index contributed by atoms with van der Waals surface area (Å²) in [6.45, 7) is 1.46. The van der Waals surface area contributed by atoms with E-state index in [0.717, 1.165) is 16.8 Å². The van der Waals surface area contributed by atoms with Crippen molar-refractivity contribution in [2.75, 3.05) is 13.1 Å². The summed E-state index contributed by atoms with van der Waals surface area (Å²) in [6, 6.07) is 11.3. The van der Waals surface area contributed by atoms with Gasteiger partial charge in [0.2, 0.25) is 0 Å². The molecule has 140 valence electrons. The number of piperidine rings is 1. The Kier molecular flexibility index (Phi) is 4.35. The van der Waals surface area contributed by atoms with Crippen molar-refractivity contribution in [3.63, 3.8) is 0 Å². The molecule has 2 N–H and O–H groups in total. The van der Waals surface area contributed by atoms with Gasteiger partial charge in [0.1, 0.15) is 6.33 Å². The normalized spacial score (nSPS) is 17.3. The SMILES string of the molecule is NC(=O)c1ccc(-c2ccc(CN3CCC(F)(F)CC3)cc2)n2ncnc12. The number of carbonyl (C=O) groups is 1. The first-order valence-electron chi connectivity index (χ1n) is 8.75. The van der Waals surface area contributed by atoms with Crippen molar-refractivity contribution in [3.05, 3.63) is 53.9 Å². The summed E-state index contributed by atoms with van der Waals surface area (Å²) >= 11 is 0. The molecule has 0 bridgehead atoms. The second-order valence-corrected chi connectivity index (χ2v) is 6.82. The fourth-order valence-corrected chi connectivity index (χ4v) is 3.40. The van der Waals surface area contributed by atoms with Crippen LogP contribution < -0.4 is 5.73 Å². The number of hydrogen-bond acceptors (Lipinski definition) is 4. The number of aromatic nitrogens is 3. The topological polar surface area (TPSA) is 76.5 Å². The number of benzene rings is 1. The summed E-state index contributed by atoms with van der Waals surface area (Å²) in [6.07, 6.45) is 1.22. The lowest BCUT2D eigenvalue weighted by molar-refractivity contribution is -0.0566. The van der Waals surface area contributed by atoms with E-state index in [-0.39, 0.29) is 12.8 Å². The first kappa shape index (κ1) is 17.5. The molecule has 1 amide bonds. The van der Waals surface area contributed by atoms with Crippen LogP contribution in [0.1, 0.15) is 28.8 Å². The number of likely N-dealkylation sites (tertiary alicyclic amines) is 1. The van der Waals surface area contributed by atoms with Crippen molar-refractivity contribution in [2.24, 2.45) is 5.73 Å². The first-order chi connectivity index (χ1) is 12.9. The minimum atomic E-state index is -2.53. The Labute approximate surface area is 154 Å². The maximum atomic E-state index is 13.3. The molecule has 27 heavy (non-hydrogen) atoms. The van der Waals surface area contributed by atoms with E-state index in [1.165, 1.54) is 6.33 Å². The van der Waals surface area contributed by atoms with Gasteiger partial charge in [0, 0.05) is 38.0 Å². The minimum Gasteiger partial charge on any atom is -0.365 e. The number of pyridine rings is 1. The number of carbonyl (C=O) groups excluding carboxylic acids is 1. The number of nitrogens with two attached hydrogens (primary N) is 1. The Hall–Kier alpha value is -2.87. The number of fused-ring (bicyclic) bond motifs is 1. The van der Waals surface area contributed by atoms with Crippen molar-refractivity contribution in [2.45, 2.75) is 25.3 Å². The highest BCUT2D eigenvalue weighted by molar-refractivity contribution is 5.99. The molecule has 3 heterocycles. The highest BCUT2D eigenvalue weighted by Gasteiger charge is 2.33. The molecular weight excluding hydrogens is 352 g/mol. The van der Waals surface area contributed by atoms with E-state index in [0.29, 0.717) is 30.8 Å². The lowest BCUT2D eigenvalue weighted by Crippen LogP contribution is -2.38. The summed E-state index contributed by atoms with van der Waals surface area (Å²) in [7, 11) is 0. The largest absolute Gasteiger partial charge is 0.365 e. The Morgan fingerprint density at radius 1 is 1.11 bits per heavy atom. The van der Waals surface area contributed by atoms with E-state index in [9.17, 15) is 13.6 Å². The smallest absolute Gasteiger partial charge is 0.252 e. The number of halogens is 2. The molecule has 0 radical (unpaired) electrons. The molecule has 1 aliphatic rings. The lowest BCUT2D eigenvalue weighted by Gasteiger charge is -2.31. The van der Waals surface area contributed by atoms with E-state index < -0.39 is 11.8 Å². The highest BCUT2D eigenvalue weighted by atomic mass is 19.3. The Morgan fingerprint density at radius 3 is 2.48 bits per heavy atom. The fraction of sp³-hybridized carbons (Fsp3) is 0.316. The molecule has 1 aliphatic heterocycles. The molecule has 0 atom stereocenters. The van der Waals surface area contributed by atoms with Crippen LogP contribution in [0, 0.1) is 0 Å². The van der Waals surface area contributed by atoms with Crippen LogP contribution in [-0.4, -0.2) is 44.4 Å². The van der Waals surface area contributed by atoms with Gasteiger partial charge >= 0.3 is 0 Å². The zero-order valence-corrected chi connectivity index (χ0v) is 14.6. The summed E-state index contributed by atoms with van der Waals surface area (Å²) < 4.78 is 28.1. The molecule has 0 aliphatic carbocycles. The maximum Gasteiger partial charge on any atom is 0.252 e. The summed E-state index contributed by atoms with van der Waals surface area (Å²) in [5, 5.41) is 4.19. The van der Waals surface area contributed by atoms with Crippen LogP contribution in [0.15, 0.2) is 42.7 Å². The Bertz CT molecular complexity index is 973. The maximum absolute atomic E-state index is 13.3. The number of nitrogens with zero attached hydrogens (tertiary/aromatic N) is 4. The molecule has 1 fully saturated rings. The lowest BCUT2D eigenvalue weighted by atomic mass is 10.0. The third kappa shape index (κ3) is 3.52. The average molecular weight is 371 g/mol. The number of amides is 1. The van der Waals surface area contributed by atoms with Crippen LogP contribution in [0.25, 0.3) is 16.9 Å². The first-order valence-corrected chi connectivity index (χ1v) is 8.75. The molecule has 1 saturated heterocycles. The Balaban J connectivity index is 1.55. The zero-order valence-electron chi connectivity index (χ0n) is 14.6. The minimum absolute atomic E-state index is 0.0818. The van der Waals surface area contributed by atoms with E-state index in [4.69, 9.17) is 5.73 Å². The van der Waals surface area contributed by atoms with Gasteiger partial charge in [-0.3, -0.25) is 9.69 Å². The van der Waals surface area contributed by atoms with Gasteiger partial charge in [-0.25, -0.2) is 18.3 Å². The molecule has 1 aromatic carbocycles. The van der Waals surface area contributed by atoms with Crippen molar-refractivity contribution in [3.8, 4) is 11.3 Å². The van der Waals surface area contributed by atoms with E-state index in [1.807, 2.05) is 29.2 Å². The zero-order chi connectivity index (χ0) is 19.0. The summed E-state index contributed by atoms with van der Waals surface area (Å²) in [4.78, 5) is 17.7. The summed E-state index contributed by atoms with van der Waals surface area (Å²) in [5.41, 5.74) is 8.87. The quantitative estimate of drug-likeness (QED) is 0.765. The van der Waals surface area contributed by atoms with Crippen LogP contribution in [0.3, 0.4) is 0 Å². The summed E-state index contributed by atoms with van der Waals surface area (Å²) in [5.74, 6) is -3.08. The molecule has 4 rings (SSSR count). The van der Waals surface area contributed by atoms with E-state index in [2.05, 4.69) is 10.1 Å². The molecule has 0 saturated carbocycles. The van der Waals surface area contributed by atoms with E-state index in [1.54, 1.807) is 16.6 Å². The van der Waals surface area contributed by atoms with Gasteiger partial charge < -0.3 is 5.73 Å². The predicted octanol–water partition coefficient (Wildman–Crippen LogP) is 2.73. The molecular formula is C19H19F2N5O. The molecule has 2 aromatic heterocycles. The van der Waals surface area contributed by atoms with Gasteiger partial charge in [0.25, 0.3) is 11.8 Å². The van der Waals surface area contributed by atoms with Crippen LogP contribution in [0.4, 0.5) is 8.78 Å². The van der Waals surface area contributed by atoms with Gasteiger partial charge in [-0.05, 0) is 17.7 Å². The number of rotatable bonds is 4. The predicted molar refractivity (Wildman–Crippen MR) is 96.4 cm³/mol. The molecule has 0 spiro atoms. The van der Waals surface area contributed by atoms with Crippen LogP contribution in [0.2, 0.25) is 0 Å². The third-order valence-corrected chi connectivity index (χ3v) is 4.93. The molecule has 3 aromatic rings. The second-order valence-electron chi connectivity index (χ2n) is 6.82. The van der Waals surface area contributed by atoms with E-state index >= 15 is 0 Å². The van der Waals surface area contributed by atoms with Crippen LogP contribution in [-0.2, 0) is 6.54 Å².